The number of nitrogens with zero attached hydrogens (tertiary/aromatic N) is 2. The third kappa shape index (κ3) is 2.35. The molecule has 4 fully saturated rings. The Morgan fingerprint density at radius 3 is 2.60 bits per heavy atom. The van der Waals surface area contributed by atoms with E-state index in [1.165, 1.54) is 22.2 Å². The van der Waals surface area contributed by atoms with Crippen molar-refractivity contribution in [2.75, 3.05) is 7.05 Å². The number of likely N-dealkylation sites (tertiary alicyclic amines) is 1. The number of likely N-dealkylation sites (N-methyl/N-ethyl adjacent to an activating group) is 1. The molecule has 1 aromatic rings. The number of piperidine rings is 1. The van der Waals surface area contributed by atoms with E-state index < -0.39 is 6.10 Å². The summed E-state index contributed by atoms with van der Waals surface area (Å²) in [5, 5.41) is 2.11. The Labute approximate surface area is 153 Å². The van der Waals surface area contributed by atoms with E-state index >= 15 is 0 Å². The van der Waals surface area contributed by atoms with Gasteiger partial charge in [-0.25, -0.2) is 0 Å². The fourth-order valence-corrected chi connectivity index (χ4v) is 8.08. The molecule has 0 N–H and O–H groups in total. The summed E-state index contributed by atoms with van der Waals surface area (Å²) in [6, 6.07) is 11.2. The number of hydrogen-bond acceptors (Lipinski definition) is 4. The van der Waals surface area contributed by atoms with E-state index in [4.69, 9.17) is 4.84 Å². The number of hydrogen-bond donors (Lipinski definition) is 0. The van der Waals surface area contributed by atoms with Gasteiger partial charge in [-0.15, -0.1) is 0 Å². The molecule has 0 radical (unpaired) electrons. The van der Waals surface area contributed by atoms with Gasteiger partial charge < -0.3 is 0 Å². The van der Waals surface area contributed by atoms with Crippen molar-refractivity contribution in [3.8, 4) is 0 Å². The first kappa shape index (κ1) is 16.0. The molecule has 6 atom stereocenters. The zero-order valence-corrected chi connectivity index (χ0v) is 15.9. The fraction of sp³-hybridized carbons (Fsp3) is 0.579. The van der Waals surface area contributed by atoms with Gasteiger partial charge in [0.15, 0.2) is 0 Å². The number of hydroxylamine groups is 2. The standard InChI is InChI=1S/C19H22N2O3Se/c1-20-18(22)15-13-9-7-11-8-10-14(25-12-5-3-2-4-6-12)16(11)21(13)24-17(15)19(20)23/h2-6,11,13-17H,7-10H2,1H3/t11-,13-,14-,15-,16-,17+/m0/s1. The Hall–Kier alpha value is -1.20. The van der Waals surface area contributed by atoms with E-state index in [-0.39, 0.29) is 23.8 Å². The SMILES string of the molecule is CN1C(=O)[C@@H]2[C@@H](ON3[C@H]4[C@H](CC[C@@H]4[Se]c4ccccc4)CC[C@@H]23)C1=O. The Bertz CT molecular complexity index is 712. The van der Waals surface area contributed by atoms with Crippen LogP contribution in [-0.2, 0) is 14.4 Å². The number of carbonyl (C=O) groups excluding carboxylic acids is 2. The number of fused-ring (bicyclic) bond motifs is 5. The van der Waals surface area contributed by atoms with Crippen LogP contribution in [0.2, 0.25) is 4.82 Å². The van der Waals surface area contributed by atoms with Crippen molar-refractivity contribution in [1.82, 2.24) is 9.96 Å². The van der Waals surface area contributed by atoms with Gasteiger partial charge in [0.05, 0.1) is 0 Å². The van der Waals surface area contributed by atoms with Crippen LogP contribution in [0.15, 0.2) is 30.3 Å². The Morgan fingerprint density at radius 2 is 1.80 bits per heavy atom. The van der Waals surface area contributed by atoms with Gasteiger partial charge >= 0.3 is 154 Å². The van der Waals surface area contributed by atoms with Crippen molar-refractivity contribution in [2.24, 2.45) is 11.8 Å². The van der Waals surface area contributed by atoms with Crippen molar-refractivity contribution in [2.45, 2.75) is 48.7 Å². The van der Waals surface area contributed by atoms with Gasteiger partial charge in [-0.3, -0.25) is 0 Å². The van der Waals surface area contributed by atoms with Crippen LogP contribution in [0.5, 0.6) is 0 Å². The van der Waals surface area contributed by atoms with Gasteiger partial charge in [-0.1, -0.05) is 0 Å². The van der Waals surface area contributed by atoms with E-state index in [1.807, 2.05) is 0 Å². The summed E-state index contributed by atoms with van der Waals surface area (Å²) >= 11 is 0.397. The molecule has 6 heteroatoms. The number of benzene rings is 1. The molecule has 0 aromatic heterocycles. The monoisotopic (exact) mass is 406 g/mol. The summed E-state index contributed by atoms with van der Waals surface area (Å²) in [4.78, 5) is 32.9. The predicted molar refractivity (Wildman–Crippen MR) is 93.1 cm³/mol. The van der Waals surface area contributed by atoms with Gasteiger partial charge in [0, 0.05) is 0 Å². The minimum atomic E-state index is -0.577. The number of rotatable bonds is 2. The Kier molecular flexibility index (Phi) is 3.79. The third-order valence-electron chi connectivity index (χ3n) is 6.34. The molecule has 2 amide bonds. The van der Waals surface area contributed by atoms with E-state index in [0.29, 0.717) is 31.7 Å². The minimum absolute atomic E-state index is 0.0518. The predicted octanol–water partition coefficient (Wildman–Crippen LogP) is 0.976. The van der Waals surface area contributed by atoms with E-state index in [9.17, 15) is 9.59 Å². The molecule has 0 bridgehead atoms. The average molecular weight is 405 g/mol. The maximum atomic E-state index is 12.5. The summed E-state index contributed by atoms with van der Waals surface area (Å²) < 4.78 is 1.43. The first-order valence-corrected chi connectivity index (χ1v) is 11.0. The molecule has 4 aliphatic rings. The first-order chi connectivity index (χ1) is 12.1. The van der Waals surface area contributed by atoms with E-state index in [2.05, 4.69) is 35.4 Å². The molecule has 5 rings (SSSR count). The van der Waals surface area contributed by atoms with Crippen LogP contribution in [0.1, 0.15) is 25.7 Å². The van der Waals surface area contributed by atoms with Crippen LogP contribution in [0.3, 0.4) is 0 Å². The molecule has 132 valence electrons. The number of imide groups is 1. The molecule has 5 nitrogen and oxygen atoms in total. The fourth-order valence-electron chi connectivity index (χ4n) is 5.15. The van der Waals surface area contributed by atoms with Crippen molar-refractivity contribution < 1.29 is 14.4 Å². The van der Waals surface area contributed by atoms with Crippen LogP contribution in [0.4, 0.5) is 0 Å². The molecule has 1 aliphatic carbocycles. The van der Waals surface area contributed by atoms with E-state index in [0.717, 1.165) is 12.8 Å². The van der Waals surface area contributed by atoms with Crippen molar-refractivity contribution in [1.29, 1.82) is 0 Å². The Morgan fingerprint density at radius 1 is 1.04 bits per heavy atom. The first-order valence-electron chi connectivity index (χ1n) is 9.13. The zero-order chi connectivity index (χ0) is 17.1. The third-order valence-corrected chi connectivity index (χ3v) is 9.19. The Balaban J connectivity index is 1.41. The molecule has 1 aromatic carbocycles. The van der Waals surface area contributed by atoms with Crippen LogP contribution >= 0.6 is 0 Å². The van der Waals surface area contributed by atoms with Crippen LogP contribution in [-0.4, -0.2) is 62.0 Å². The van der Waals surface area contributed by atoms with Crippen LogP contribution in [0.25, 0.3) is 0 Å². The van der Waals surface area contributed by atoms with Crippen LogP contribution < -0.4 is 4.46 Å². The second-order valence-corrected chi connectivity index (χ2v) is 10.3. The summed E-state index contributed by atoms with van der Waals surface area (Å²) in [7, 11) is 1.58. The van der Waals surface area contributed by atoms with Crippen molar-refractivity contribution in [3.63, 3.8) is 0 Å². The second-order valence-electron chi connectivity index (χ2n) is 7.59. The summed E-state index contributed by atoms with van der Waals surface area (Å²) in [5.41, 5.74) is 0. The molecule has 3 heterocycles. The molecule has 3 aliphatic heterocycles. The van der Waals surface area contributed by atoms with Gasteiger partial charge in [0.25, 0.3) is 0 Å². The molecule has 0 spiro atoms. The van der Waals surface area contributed by atoms with Gasteiger partial charge in [-0.05, 0) is 0 Å². The summed E-state index contributed by atoms with van der Waals surface area (Å²) in [6.07, 6.45) is 4.03. The summed E-state index contributed by atoms with van der Waals surface area (Å²) in [5.74, 6) is 0.144. The van der Waals surface area contributed by atoms with Crippen molar-refractivity contribution >= 4 is 31.2 Å². The molecule has 25 heavy (non-hydrogen) atoms. The molecule has 0 unspecified atom stereocenters. The maximum absolute atomic E-state index is 12.5. The normalized spacial score (nSPS) is 40.3. The van der Waals surface area contributed by atoms with E-state index in [1.54, 1.807) is 7.05 Å². The van der Waals surface area contributed by atoms with Crippen LogP contribution in [0, 0.1) is 11.8 Å². The zero-order valence-electron chi connectivity index (χ0n) is 14.2. The quantitative estimate of drug-likeness (QED) is 0.544. The van der Waals surface area contributed by atoms with Crippen molar-refractivity contribution in [3.05, 3.63) is 30.3 Å². The second kappa shape index (κ2) is 5.91. The number of carbonyl (C=O) groups is 2. The molecular formula is C19H22N2O3Se. The summed E-state index contributed by atoms with van der Waals surface area (Å²) in [6.45, 7) is 0. The molecule has 1 saturated carbocycles. The topological polar surface area (TPSA) is 49.9 Å². The van der Waals surface area contributed by atoms with Gasteiger partial charge in [0.1, 0.15) is 0 Å². The molecular weight excluding hydrogens is 383 g/mol. The number of amides is 2. The van der Waals surface area contributed by atoms with Gasteiger partial charge in [-0.2, -0.15) is 0 Å². The van der Waals surface area contributed by atoms with Gasteiger partial charge in [0.2, 0.25) is 0 Å². The average Bonchev–Trinajstić information content (AvgIpc) is 3.26. The molecule has 3 saturated heterocycles.